The van der Waals surface area contributed by atoms with Crippen molar-refractivity contribution in [1.82, 2.24) is 5.32 Å². The summed E-state index contributed by atoms with van der Waals surface area (Å²) in [5.41, 5.74) is -1.56. The SMILES string of the molecule is C[C@H](NC(=O)OC(C)(C)C)C(=O)Nc1sc2c(c1C(=O)c1c(F)cccc1F)OCCCC2. The zero-order valence-corrected chi connectivity index (χ0v) is 19.7. The van der Waals surface area contributed by atoms with Crippen LogP contribution in [0.3, 0.4) is 0 Å². The average Bonchev–Trinajstić information content (AvgIpc) is 2.86. The molecule has 1 aliphatic heterocycles. The number of ether oxygens (including phenoxy) is 2. The van der Waals surface area contributed by atoms with Crippen LogP contribution in [0.15, 0.2) is 18.2 Å². The standard InChI is InChI=1S/C23H26F2N2O5S/c1-12(26-22(30)32-23(2,3)4)20(29)27-21-17(19-15(33-21)10-5-6-11-31-19)18(28)16-13(24)8-7-9-14(16)25/h7-9,12H,5-6,10-11H2,1-4H3,(H,26,30)(H,27,29)/t12-/m0/s1. The number of hydrogen-bond acceptors (Lipinski definition) is 6. The number of halogens is 2. The summed E-state index contributed by atoms with van der Waals surface area (Å²) >= 11 is 1.12. The molecule has 2 aromatic rings. The largest absolute Gasteiger partial charge is 0.492 e. The van der Waals surface area contributed by atoms with Gasteiger partial charge >= 0.3 is 6.09 Å². The van der Waals surface area contributed by atoms with Gasteiger partial charge in [0.05, 0.1) is 17.7 Å². The molecule has 0 aliphatic carbocycles. The number of fused-ring (bicyclic) bond motifs is 1. The van der Waals surface area contributed by atoms with Crippen molar-refractivity contribution in [3.63, 3.8) is 0 Å². The number of hydrogen-bond donors (Lipinski definition) is 2. The molecule has 1 aliphatic rings. The highest BCUT2D eigenvalue weighted by molar-refractivity contribution is 7.17. The molecule has 0 radical (unpaired) electrons. The molecular formula is C23H26F2N2O5S. The van der Waals surface area contributed by atoms with Gasteiger partial charge in [0.15, 0.2) is 0 Å². The van der Waals surface area contributed by atoms with E-state index in [2.05, 4.69) is 10.6 Å². The van der Waals surface area contributed by atoms with Crippen LogP contribution in [-0.2, 0) is 16.0 Å². The van der Waals surface area contributed by atoms with Gasteiger partial charge < -0.3 is 20.1 Å². The van der Waals surface area contributed by atoms with Crippen molar-refractivity contribution in [3.8, 4) is 5.75 Å². The number of carbonyl (C=O) groups is 3. The fraction of sp³-hybridized carbons (Fsp3) is 0.435. The minimum atomic E-state index is -1.01. The normalized spacial score (nSPS) is 14.4. The van der Waals surface area contributed by atoms with Gasteiger partial charge in [-0.3, -0.25) is 9.59 Å². The molecule has 33 heavy (non-hydrogen) atoms. The summed E-state index contributed by atoms with van der Waals surface area (Å²) in [6, 6.07) is 2.15. The molecule has 10 heteroatoms. The van der Waals surface area contributed by atoms with Gasteiger partial charge in [0.1, 0.15) is 34.0 Å². The van der Waals surface area contributed by atoms with Crippen molar-refractivity contribution in [2.24, 2.45) is 0 Å². The van der Waals surface area contributed by atoms with E-state index in [0.717, 1.165) is 36.3 Å². The number of alkyl carbamates (subject to hydrolysis) is 1. The molecule has 2 amide bonds. The van der Waals surface area contributed by atoms with Crippen LogP contribution in [0.2, 0.25) is 0 Å². The molecule has 1 aromatic carbocycles. The maximum Gasteiger partial charge on any atom is 0.408 e. The van der Waals surface area contributed by atoms with E-state index < -0.39 is 46.6 Å². The second kappa shape index (κ2) is 9.86. The molecule has 1 atom stereocenters. The van der Waals surface area contributed by atoms with E-state index in [0.29, 0.717) is 17.9 Å². The molecule has 178 valence electrons. The molecule has 3 rings (SSSR count). The predicted octanol–water partition coefficient (Wildman–Crippen LogP) is 4.82. The van der Waals surface area contributed by atoms with Crippen molar-refractivity contribution < 1.29 is 32.6 Å². The van der Waals surface area contributed by atoms with E-state index in [1.165, 1.54) is 13.0 Å². The Morgan fingerprint density at radius 3 is 2.42 bits per heavy atom. The maximum absolute atomic E-state index is 14.4. The third kappa shape index (κ3) is 5.87. The van der Waals surface area contributed by atoms with Gasteiger partial charge in [0.2, 0.25) is 11.7 Å². The number of rotatable bonds is 5. The number of anilines is 1. The first kappa shape index (κ1) is 24.6. The lowest BCUT2D eigenvalue weighted by molar-refractivity contribution is -0.117. The predicted molar refractivity (Wildman–Crippen MR) is 120 cm³/mol. The zero-order valence-electron chi connectivity index (χ0n) is 18.8. The summed E-state index contributed by atoms with van der Waals surface area (Å²) in [7, 11) is 0. The minimum absolute atomic E-state index is 0.0984. The van der Waals surface area contributed by atoms with Crippen LogP contribution in [-0.4, -0.2) is 36.0 Å². The highest BCUT2D eigenvalue weighted by atomic mass is 32.1. The van der Waals surface area contributed by atoms with Crippen LogP contribution in [0.5, 0.6) is 5.75 Å². The first-order valence-electron chi connectivity index (χ1n) is 10.6. The van der Waals surface area contributed by atoms with Crippen LogP contribution < -0.4 is 15.4 Å². The summed E-state index contributed by atoms with van der Waals surface area (Å²) in [4.78, 5) is 38.7. The van der Waals surface area contributed by atoms with E-state index in [-0.39, 0.29) is 16.3 Å². The Labute approximate surface area is 194 Å². The summed E-state index contributed by atoms with van der Waals surface area (Å²) in [5.74, 6) is -3.33. The van der Waals surface area contributed by atoms with E-state index >= 15 is 0 Å². The quantitative estimate of drug-likeness (QED) is 0.599. The smallest absolute Gasteiger partial charge is 0.408 e. The molecule has 0 spiro atoms. The maximum atomic E-state index is 14.4. The second-order valence-electron chi connectivity index (χ2n) is 8.65. The van der Waals surface area contributed by atoms with Gasteiger partial charge in [-0.25, -0.2) is 13.6 Å². The lowest BCUT2D eigenvalue weighted by Gasteiger charge is -2.21. The molecule has 0 bridgehead atoms. The molecule has 0 saturated heterocycles. The van der Waals surface area contributed by atoms with Crippen LogP contribution >= 0.6 is 11.3 Å². The number of thiophene rings is 1. The van der Waals surface area contributed by atoms with Crippen molar-refractivity contribution in [3.05, 3.63) is 45.8 Å². The summed E-state index contributed by atoms with van der Waals surface area (Å²) in [6.45, 7) is 6.86. The number of benzene rings is 1. The van der Waals surface area contributed by atoms with Crippen molar-refractivity contribution in [2.75, 3.05) is 11.9 Å². The molecule has 7 nitrogen and oxygen atoms in total. The van der Waals surface area contributed by atoms with Gasteiger partial charge in [-0.2, -0.15) is 0 Å². The molecule has 1 aromatic heterocycles. The summed E-state index contributed by atoms with van der Waals surface area (Å²) < 4.78 is 39.6. The lowest BCUT2D eigenvalue weighted by Crippen LogP contribution is -2.44. The topological polar surface area (TPSA) is 93.7 Å². The Morgan fingerprint density at radius 1 is 1.12 bits per heavy atom. The van der Waals surface area contributed by atoms with Crippen LogP contribution in [0.25, 0.3) is 0 Å². The summed E-state index contributed by atoms with van der Waals surface area (Å²) in [5, 5.41) is 5.14. The minimum Gasteiger partial charge on any atom is -0.492 e. The van der Waals surface area contributed by atoms with Crippen molar-refractivity contribution in [1.29, 1.82) is 0 Å². The van der Waals surface area contributed by atoms with Gasteiger partial charge in [-0.05, 0) is 59.1 Å². The van der Waals surface area contributed by atoms with Gasteiger partial charge in [-0.15, -0.1) is 11.3 Å². The van der Waals surface area contributed by atoms with E-state index in [4.69, 9.17) is 9.47 Å². The molecule has 2 heterocycles. The zero-order chi connectivity index (χ0) is 24.3. The fourth-order valence-electron chi connectivity index (χ4n) is 3.25. The highest BCUT2D eigenvalue weighted by Gasteiger charge is 2.32. The number of ketones is 1. The van der Waals surface area contributed by atoms with E-state index in [1.54, 1.807) is 20.8 Å². The third-order valence-corrected chi connectivity index (χ3v) is 5.90. The van der Waals surface area contributed by atoms with Gasteiger partial charge in [0, 0.05) is 4.88 Å². The Bertz CT molecular complexity index is 1060. The monoisotopic (exact) mass is 480 g/mol. The fourth-order valence-corrected chi connectivity index (χ4v) is 4.43. The second-order valence-corrected chi connectivity index (χ2v) is 9.75. The molecular weight excluding hydrogens is 454 g/mol. The first-order chi connectivity index (χ1) is 15.5. The lowest BCUT2D eigenvalue weighted by atomic mass is 10.0. The number of aryl methyl sites for hydroxylation is 1. The van der Waals surface area contributed by atoms with Crippen molar-refractivity contribution >= 4 is 34.1 Å². The van der Waals surface area contributed by atoms with Gasteiger partial charge in [0.25, 0.3) is 0 Å². The Balaban J connectivity index is 1.92. The number of carbonyl (C=O) groups excluding carboxylic acids is 3. The molecule has 0 saturated carbocycles. The Morgan fingerprint density at radius 2 is 1.79 bits per heavy atom. The van der Waals surface area contributed by atoms with E-state index in [9.17, 15) is 23.2 Å². The number of nitrogens with one attached hydrogen (secondary N) is 2. The summed E-state index contributed by atoms with van der Waals surface area (Å²) in [6.07, 6.45) is 1.39. The van der Waals surface area contributed by atoms with Crippen LogP contribution in [0.4, 0.5) is 18.6 Å². The number of amides is 2. The van der Waals surface area contributed by atoms with Crippen LogP contribution in [0.1, 0.15) is 61.3 Å². The van der Waals surface area contributed by atoms with E-state index in [1.807, 2.05) is 0 Å². The Kier molecular flexibility index (Phi) is 7.36. The third-order valence-electron chi connectivity index (χ3n) is 4.76. The molecule has 0 unspecified atom stereocenters. The average molecular weight is 481 g/mol. The highest BCUT2D eigenvalue weighted by Crippen LogP contribution is 2.43. The van der Waals surface area contributed by atoms with Crippen LogP contribution in [0, 0.1) is 11.6 Å². The molecule has 0 fully saturated rings. The molecule has 2 N–H and O–H groups in total. The van der Waals surface area contributed by atoms with Crippen molar-refractivity contribution in [2.45, 2.75) is 58.6 Å². The first-order valence-corrected chi connectivity index (χ1v) is 11.4. The van der Waals surface area contributed by atoms with Gasteiger partial charge in [-0.1, -0.05) is 6.07 Å². The Hall–Kier alpha value is -3.01.